The van der Waals surface area contributed by atoms with E-state index in [1.165, 1.54) is 5.56 Å². The summed E-state index contributed by atoms with van der Waals surface area (Å²) in [5.74, 6) is 0. The van der Waals surface area contributed by atoms with Gasteiger partial charge in [-0.05, 0) is 36.2 Å². The summed E-state index contributed by atoms with van der Waals surface area (Å²) in [4.78, 5) is 0. The third-order valence-electron chi connectivity index (χ3n) is 1.76. The van der Waals surface area contributed by atoms with Crippen molar-refractivity contribution in [1.82, 2.24) is 5.32 Å². The highest BCUT2D eigenvalue weighted by atomic mass is 32.1. The third kappa shape index (κ3) is 2.93. The minimum Gasteiger partial charge on any atom is -0.392 e. The lowest BCUT2D eigenvalue weighted by Gasteiger charge is -2.13. The van der Waals surface area contributed by atoms with Gasteiger partial charge in [0.1, 0.15) is 0 Å². The molecule has 3 heteroatoms. The van der Waals surface area contributed by atoms with Gasteiger partial charge in [-0.15, -0.1) is 0 Å². The predicted octanol–water partition coefficient (Wildman–Crippen LogP) is 1.78. The van der Waals surface area contributed by atoms with E-state index in [2.05, 4.69) is 29.1 Å². The quantitative estimate of drug-likeness (QED) is 0.749. The maximum absolute atomic E-state index is 9.04. The average Bonchev–Trinajstić information content (AvgIpc) is 2.51. The van der Waals surface area contributed by atoms with Crippen molar-refractivity contribution in [3.05, 3.63) is 22.4 Å². The molecule has 0 aliphatic carbocycles. The summed E-state index contributed by atoms with van der Waals surface area (Å²) < 4.78 is 0. The monoisotopic (exact) mass is 185 g/mol. The largest absolute Gasteiger partial charge is 0.392 e. The van der Waals surface area contributed by atoms with Gasteiger partial charge in [0.2, 0.25) is 0 Å². The van der Waals surface area contributed by atoms with Gasteiger partial charge in [-0.2, -0.15) is 11.3 Å². The summed E-state index contributed by atoms with van der Waals surface area (Å²) in [6.45, 7) is 4.54. The third-order valence-corrected chi connectivity index (χ3v) is 2.46. The van der Waals surface area contributed by atoms with Crippen molar-refractivity contribution in [2.45, 2.75) is 26.0 Å². The SMILES string of the molecule is CC(NC[C@H](C)O)c1ccsc1. The highest BCUT2D eigenvalue weighted by Gasteiger charge is 2.05. The molecule has 1 aromatic heterocycles. The van der Waals surface area contributed by atoms with Crippen LogP contribution in [0.4, 0.5) is 0 Å². The normalized spacial score (nSPS) is 15.9. The zero-order valence-corrected chi connectivity index (χ0v) is 8.27. The number of aliphatic hydroxyl groups is 1. The first kappa shape index (κ1) is 9.71. The summed E-state index contributed by atoms with van der Waals surface area (Å²) in [5.41, 5.74) is 1.29. The molecule has 2 atom stereocenters. The van der Waals surface area contributed by atoms with Gasteiger partial charge in [-0.3, -0.25) is 0 Å². The standard InChI is InChI=1S/C9H15NOS/c1-7(11)5-10-8(2)9-3-4-12-6-9/h3-4,6-8,10-11H,5H2,1-2H3/t7-,8?/m0/s1. The average molecular weight is 185 g/mol. The van der Waals surface area contributed by atoms with Crippen LogP contribution in [0.25, 0.3) is 0 Å². The Bertz CT molecular complexity index is 208. The van der Waals surface area contributed by atoms with E-state index in [1.807, 2.05) is 0 Å². The Hall–Kier alpha value is -0.380. The molecule has 0 bridgehead atoms. The van der Waals surface area contributed by atoms with E-state index in [0.717, 1.165) is 0 Å². The van der Waals surface area contributed by atoms with Gasteiger partial charge in [0.05, 0.1) is 6.10 Å². The van der Waals surface area contributed by atoms with Crippen LogP contribution in [0.3, 0.4) is 0 Å². The lowest BCUT2D eigenvalue weighted by molar-refractivity contribution is 0.187. The van der Waals surface area contributed by atoms with E-state index in [4.69, 9.17) is 5.11 Å². The van der Waals surface area contributed by atoms with Crippen LogP contribution in [0.2, 0.25) is 0 Å². The van der Waals surface area contributed by atoms with E-state index >= 15 is 0 Å². The van der Waals surface area contributed by atoms with Gasteiger partial charge in [0, 0.05) is 12.6 Å². The minimum atomic E-state index is -0.272. The van der Waals surface area contributed by atoms with E-state index in [9.17, 15) is 0 Å². The number of aliphatic hydroxyl groups excluding tert-OH is 1. The summed E-state index contributed by atoms with van der Waals surface area (Å²) in [5, 5.41) is 16.5. The molecule has 0 saturated carbocycles. The highest BCUT2D eigenvalue weighted by Crippen LogP contribution is 2.14. The number of hydrogen-bond acceptors (Lipinski definition) is 3. The summed E-state index contributed by atoms with van der Waals surface area (Å²) in [6.07, 6.45) is -0.272. The number of rotatable bonds is 4. The zero-order valence-electron chi connectivity index (χ0n) is 7.45. The maximum Gasteiger partial charge on any atom is 0.0636 e. The van der Waals surface area contributed by atoms with Gasteiger partial charge in [0.25, 0.3) is 0 Å². The molecule has 0 spiro atoms. The Morgan fingerprint density at radius 1 is 1.58 bits per heavy atom. The molecule has 0 saturated heterocycles. The van der Waals surface area contributed by atoms with Crippen LogP contribution in [0, 0.1) is 0 Å². The Labute approximate surface area is 77.2 Å². The van der Waals surface area contributed by atoms with Crippen LogP contribution < -0.4 is 5.32 Å². The van der Waals surface area contributed by atoms with Crippen molar-refractivity contribution in [2.75, 3.05) is 6.54 Å². The summed E-state index contributed by atoms with van der Waals surface area (Å²) in [7, 11) is 0. The Morgan fingerprint density at radius 2 is 2.33 bits per heavy atom. The summed E-state index contributed by atoms with van der Waals surface area (Å²) >= 11 is 1.70. The molecule has 0 aliphatic heterocycles. The van der Waals surface area contributed by atoms with Crippen molar-refractivity contribution in [1.29, 1.82) is 0 Å². The fraction of sp³-hybridized carbons (Fsp3) is 0.556. The molecule has 0 fully saturated rings. The van der Waals surface area contributed by atoms with Crippen LogP contribution in [0.5, 0.6) is 0 Å². The molecule has 1 heterocycles. The molecule has 1 aromatic rings. The second-order valence-electron chi connectivity index (χ2n) is 3.04. The molecule has 0 amide bonds. The molecular weight excluding hydrogens is 170 g/mol. The second kappa shape index (κ2) is 4.60. The second-order valence-corrected chi connectivity index (χ2v) is 3.82. The van der Waals surface area contributed by atoms with Crippen molar-refractivity contribution >= 4 is 11.3 Å². The zero-order chi connectivity index (χ0) is 8.97. The Kier molecular flexibility index (Phi) is 3.72. The molecular formula is C9H15NOS. The predicted molar refractivity (Wildman–Crippen MR) is 52.4 cm³/mol. The van der Waals surface area contributed by atoms with Crippen LogP contribution in [-0.4, -0.2) is 17.8 Å². The van der Waals surface area contributed by atoms with Crippen molar-refractivity contribution in [3.63, 3.8) is 0 Å². The fourth-order valence-electron chi connectivity index (χ4n) is 0.987. The molecule has 2 N–H and O–H groups in total. The summed E-state index contributed by atoms with van der Waals surface area (Å²) in [6, 6.07) is 2.44. The van der Waals surface area contributed by atoms with Crippen molar-refractivity contribution in [2.24, 2.45) is 0 Å². The first-order chi connectivity index (χ1) is 5.70. The molecule has 0 aliphatic rings. The lowest BCUT2D eigenvalue weighted by Crippen LogP contribution is -2.26. The highest BCUT2D eigenvalue weighted by molar-refractivity contribution is 7.07. The Morgan fingerprint density at radius 3 is 2.83 bits per heavy atom. The van der Waals surface area contributed by atoms with Gasteiger partial charge < -0.3 is 10.4 Å². The van der Waals surface area contributed by atoms with Gasteiger partial charge in [-0.1, -0.05) is 0 Å². The molecule has 68 valence electrons. The van der Waals surface area contributed by atoms with Crippen LogP contribution >= 0.6 is 11.3 Å². The number of nitrogens with one attached hydrogen (secondary N) is 1. The van der Waals surface area contributed by atoms with Gasteiger partial charge in [-0.25, -0.2) is 0 Å². The van der Waals surface area contributed by atoms with Crippen LogP contribution in [0.1, 0.15) is 25.5 Å². The number of hydrogen-bond donors (Lipinski definition) is 2. The van der Waals surface area contributed by atoms with Crippen LogP contribution in [0.15, 0.2) is 16.8 Å². The van der Waals surface area contributed by atoms with Gasteiger partial charge >= 0.3 is 0 Å². The molecule has 1 rings (SSSR count). The number of thiophene rings is 1. The molecule has 0 aromatic carbocycles. The van der Waals surface area contributed by atoms with Crippen LogP contribution in [-0.2, 0) is 0 Å². The lowest BCUT2D eigenvalue weighted by atomic mass is 10.2. The molecule has 1 unspecified atom stereocenters. The van der Waals surface area contributed by atoms with E-state index in [0.29, 0.717) is 12.6 Å². The Balaban J connectivity index is 2.34. The van der Waals surface area contributed by atoms with Crippen molar-refractivity contribution < 1.29 is 5.11 Å². The first-order valence-electron chi connectivity index (χ1n) is 4.13. The fourth-order valence-corrected chi connectivity index (χ4v) is 1.74. The first-order valence-corrected chi connectivity index (χ1v) is 5.08. The molecule has 12 heavy (non-hydrogen) atoms. The minimum absolute atomic E-state index is 0.272. The maximum atomic E-state index is 9.04. The molecule has 2 nitrogen and oxygen atoms in total. The molecule has 0 radical (unpaired) electrons. The smallest absolute Gasteiger partial charge is 0.0636 e. The van der Waals surface area contributed by atoms with E-state index in [1.54, 1.807) is 18.3 Å². The van der Waals surface area contributed by atoms with Gasteiger partial charge in [0.15, 0.2) is 0 Å². The van der Waals surface area contributed by atoms with E-state index in [-0.39, 0.29) is 6.10 Å². The van der Waals surface area contributed by atoms with E-state index < -0.39 is 0 Å². The topological polar surface area (TPSA) is 32.3 Å². The van der Waals surface area contributed by atoms with Crippen molar-refractivity contribution in [3.8, 4) is 0 Å².